The molecule has 0 radical (unpaired) electrons. The van der Waals surface area contributed by atoms with E-state index < -0.39 is 8.80 Å². The average Bonchev–Trinajstić information content (AvgIpc) is 2.34. The van der Waals surface area contributed by atoms with E-state index in [-0.39, 0.29) is 5.97 Å². The Hall–Kier alpha value is -0.693. The van der Waals surface area contributed by atoms with Crippen LogP contribution in [0.1, 0.15) is 12.8 Å². The van der Waals surface area contributed by atoms with Crippen molar-refractivity contribution in [2.24, 2.45) is 0 Å². The Morgan fingerprint density at radius 1 is 1.12 bits per heavy atom. The maximum absolute atomic E-state index is 11.1. The summed E-state index contributed by atoms with van der Waals surface area (Å²) >= 11 is 0. The molecule has 94 valence electrons. The van der Waals surface area contributed by atoms with E-state index in [1.54, 1.807) is 21.3 Å². The van der Waals surface area contributed by atoms with Crippen LogP contribution in [0.5, 0.6) is 0 Å². The van der Waals surface area contributed by atoms with E-state index in [1.807, 2.05) is 0 Å². The fourth-order valence-corrected chi connectivity index (χ4v) is 3.04. The van der Waals surface area contributed by atoms with E-state index in [0.29, 0.717) is 18.0 Å². The Morgan fingerprint density at radius 2 is 1.62 bits per heavy atom. The maximum atomic E-state index is 11.1. The molecular formula is C10H20O5Si. The summed E-state index contributed by atoms with van der Waals surface area (Å²) in [5, 5.41) is 0. The second-order valence-corrected chi connectivity index (χ2v) is 6.33. The fourth-order valence-electron chi connectivity index (χ4n) is 1.32. The van der Waals surface area contributed by atoms with E-state index in [2.05, 4.69) is 11.3 Å². The standard InChI is InChI=1S/C10H20O5Si/c1-9(10(11)12-2)7-6-8-16(13-3,14-4)15-5/h1,6-8H2,2-5H3. The minimum Gasteiger partial charge on any atom is -0.466 e. The van der Waals surface area contributed by atoms with Crippen LogP contribution in [0.2, 0.25) is 6.04 Å². The van der Waals surface area contributed by atoms with Crippen molar-refractivity contribution in [1.82, 2.24) is 0 Å². The molecule has 0 rings (SSSR count). The number of methoxy groups -OCH3 is 1. The van der Waals surface area contributed by atoms with Crippen LogP contribution in [0, 0.1) is 0 Å². The number of esters is 1. The summed E-state index contributed by atoms with van der Waals surface area (Å²) < 4.78 is 20.3. The summed E-state index contributed by atoms with van der Waals surface area (Å²) in [5.41, 5.74) is 0.453. The van der Waals surface area contributed by atoms with Crippen LogP contribution >= 0.6 is 0 Å². The van der Waals surface area contributed by atoms with Crippen molar-refractivity contribution in [2.75, 3.05) is 28.4 Å². The third-order valence-corrected chi connectivity index (χ3v) is 5.20. The van der Waals surface area contributed by atoms with Gasteiger partial charge in [-0.15, -0.1) is 0 Å². The molecule has 5 nitrogen and oxygen atoms in total. The van der Waals surface area contributed by atoms with Crippen LogP contribution in [-0.4, -0.2) is 43.2 Å². The van der Waals surface area contributed by atoms with Crippen molar-refractivity contribution in [3.05, 3.63) is 12.2 Å². The first kappa shape index (κ1) is 15.3. The average molecular weight is 248 g/mol. The highest BCUT2D eigenvalue weighted by Crippen LogP contribution is 2.18. The van der Waals surface area contributed by atoms with Crippen LogP contribution in [0.4, 0.5) is 0 Å². The maximum Gasteiger partial charge on any atom is 0.500 e. The highest BCUT2D eigenvalue weighted by Gasteiger charge is 2.36. The van der Waals surface area contributed by atoms with Gasteiger partial charge in [-0.05, 0) is 12.8 Å². The van der Waals surface area contributed by atoms with E-state index >= 15 is 0 Å². The monoisotopic (exact) mass is 248 g/mol. The topological polar surface area (TPSA) is 54.0 Å². The molecule has 0 aliphatic heterocycles. The molecular weight excluding hydrogens is 228 g/mol. The van der Waals surface area contributed by atoms with Crippen LogP contribution in [-0.2, 0) is 22.8 Å². The lowest BCUT2D eigenvalue weighted by Crippen LogP contribution is -2.42. The minimum atomic E-state index is -2.52. The smallest absolute Gasteiger partial charge is 0.466 e. The third-order valence-electron chi connectivity index (χ3n) is 2.37. The first-order valence-corrected chi connectivity index (χ1v) is 6.90. The van der Waals surface area contributed by atoms with Crippen molar-refractivity contribution in [3.8, 4) is 0 Å². The highest BCUT2D eigenvalue weighted by molar-refractivity contribution is 6.60. The van der Waals surface area contributed by atoms with Gasteiger partial charge in [-0.25, -0.2) is 4.79 Å². The van der Waals surface area contributed by atoms with Gasteiger partial charge in [-0.2, -0.15) is 0 Å². The lowest BCUT2D eigenvalue weighted by molar-refractivity contribution is -0.136. The quantitative estimate of drug-likeness (QED) is 0.369. The molecule has 0 saturated carbocycles. The Labute approximate surface area is 97.7 Å². The van der Waals surface area contributed by atoms with Crippen LogP contribution in [0.25, 0.3) is 0 Å². The zero-order chi connectivity index (χ0) is 12.6. The predicted octanol–water partition coefficient (Wildman–Crippen LogP) is 1.37. The Kier molecular flexibility index (Phi) is 7.23. The highest BCUT2D eigenvalue weighted by atomic mass is 28.4. The van der Waals surface area contributed by atoms with Crippen LogP contribution in [0.3, 0.4) is 0 Å². The first-order chi connectivity index (χ1) is 7.55. The van der Waals surface area contributed by atoms with Crippen molar-refractivity contribution in [3.63, 3.8) is 0 Å². The Balaban J connectivity index is 4.05. The van der Waals surface area contributed by atoms with Gasteiger partial charge in [-0.3, -0.25) is 0 Å². The van der Waals surface area contributed by atoms with E-state index in [4.69, 9.17) is 13.3 Å². The molecule has 0 fully saturated rings. The van der Waals surface area contributed by atoms with Gasteiger partial charge in [0.25, 0.3) is 0 Å². The van der Waals surface area contributed by atoms with Gasteiger partial charge in [0.2, 0.25) is 0 Å². The number of ether oxygens (including phenoxy) is 1. The number of carbonyl (C=O) groups excluding carboxylic acids is 1. The summed E-state index contributed by atoms with van der Waals surface area (Å²) in [5.74, 6) is -0.375. The van der Waals surface area contributed by atoms with E-state index in [1.165, 1.54) is 7.11 Å². The SMILES string of the molecule is C=C(CCC[Si](OC)(OC)OC)C(=O)OC. The van der Waals surface area contributed by atoms with Gasteiger partial charge >= 0.3 is 14.8 Å². The second kappa shape index (κ2) is 7.56. The molecule has 0 bridgehead atoms. The molecule has 0 aromatic rings. The van der Waals surface area contributed by atoms with Crippen molar-refractivity contribution in [2.45, 2.75) is 18.9 Å². The summed E-state index contributed by atoms with van der Waals surface area (Å²) in [7, 11) is 3.51. The Bertz CT molecular complexity index is 229. The lowest BCUT2D eigenvalue weighted by atomic mass is 10.2. The number of hydrogen-bond acceptors (Lipinski definition) is 5. The van der Waals surface area contributed by atoms with Crippen molar-refractivity contribution >= 4 is 14.8 Å². The largest absolute Gasteiger partial charge is 0.500 e. The van der Waals surface area contributed by atoms with Gasteiger partial charge in [0.05, 0.1) is 7.11 Å². The van der Waals surface area contributed by atoms with Gasteiger partial charge in [-0.1, -0.05) is 6.58 Å². The molecule has 0 aromatic heterocycles. The molecule has 0 amide bonds. The first-order valence-electron chi connectivity index (χ1n) is 4.96. The van der Waals surface area contributed by atoms with Gasteiger partial charge in [0.15, 0.2) is 0 Å². The zero-order valence-corrected chi connectivity index (χ0v) is 11.4. The summed E-state index contributed by atoms with van der Waals surface area (Å²) in [6.07, 6.45) is 1.27. The van der Waals surface area contributed by atoms with Crippen molar-refractivity contribution < 1.29 is 22.8 Å². The second-order valence-electron chi connectivity index (χ2n) is 3.24. The predicted molar refractivity (Wildman–Crippen MR) is 62.0 cm³/mol. The molecule has 0 aliphatic rings. The van der Waals surface area contributed by atoms with Crippen molar-refractivity contribution in [1.29, 1.82) is 0 Å². The molecule has 0 aliphatic carbocycles. The number of hydrogen-bond donors (Lipinski definition) is 0. The van der Waals surface area contributed by atoms with Gasteiger partial charge in [0.1, 0.15) is 0 Å². The minimum absolute atomic E-state index is 0.375. The lowest BCUT2D eigenvalue weighted by Gasteiger charge is -2.24. The molecule has 0 atom stereocenters. The number of carbonyl (C=O) groups is 1. The van der Waals surface area contributed by atoms with E-state index in [9.17, 15) is 4.79 Å². The molecule has 0 unspecified atom stereocenters. The fraction of sp³-hybridized carbons (Fsp3) is 0.700. The molecule has 6 heteroatoms. The molecule has 0 aromatic carbocycles. The molecule has 0 saturated heterocycles. The van der Waals surface area contributed by atoms with Crippen LogP contribution in [0.15, 0.2) is 12.2 Å². The zero-order valence-electron chi connectivity index (χ0n) is 10.4. The van der Waals surface area contributed by atoms with E-state index in [0.717, 1.165) is 6.42 Å². The molecule has 0 heterocycles. The van der Waals surface area contributed by atoms with Gasteiger partial charge < -0.3 is 18.0 Å². The molecule has 16 heavy (non-hydrogen) atoms. The summed E-state index contributed by atoms with van der Waals surface area (Å²) in [6.45, 7) is 3.64. The number of rotatable bonds is 8. The van der Waals surface area contributed by atoms with Gasteiger partial charge in [0, 0.05) is 32.9 Å². The molecule has 0 N–H and O–H groups in total. The molecule has 0 spiro atoms. The third kappa shape index (κ3) is 4.44. The Morgan fingerprint density at radius 3 is 2.00 bits per heavy atom. The summed E-state index contributed by atoms with van der Waals surface area (Å²) in [4.78, 5) is 11.1. The summed E-state index contributed by atoms with van der Waals surface area (Å²) in [6, 6.07) is 0.645. The normalized spacial score (nSPS) is 11.2. The van der Waals surface area contributed by atoms with Crippen LogP contribution < -0.4 is 0 Å².